The molecule has 0 spiro atoms. The summed E-state index contributed by atoms with van der Waals surface area (Å²) in [6.07, 6.45) is 4.00. The molecule has 3 aromatic rings. The molecule has 7 nitrogen and oxygen atoms in total. The Morgan fingerprint density at radius 1 is 1.25 bits per heavy atom. The van der Waals surface area contributed by atoms with E-state index in [-0.39, 0.29) is 12.0 Å². The SMILES string of the molecule is COC(=O)c1cccc(C(=O)NCC2Cc3cc(-c4ccnc(SC)n4)cc(Cl)c3O2)c1. The Labute approximate surface area is 194 Å². The average molecular weight is 470 g/mol. The van der Waals surface area contributed by atoms with Crippen LogP contribution in [-0.2, 0) is 11.2 Å². The molecule has 0 aliphatic carbocycles. The van der Waals surface area contributed by atoms with E-state index in [0.717, 1.165) is 16.8 Å². The van der Waals surface area contributed by atoms with E-state index in [0.29, 0.717) is 40.0 Å². The topological polar surface area (TPSA) is 90.4 Å². The number of benzene rings is 2. The molecule has 1 amide bonds. The molecule has 1 aliphatic rings. The van der Waals surface area contributed by atoms with E-state index >= 15 is 0 Å². The average Bonchev–Trinajstić information content (AvgIpc) is 3.25. The molecule has 1 aromatic heterocycles. The maximum absolute atomic E-state index is 12.5. The first-order chi connectivity index (χ1) is 15.5. The fourth-order valence-electron chi connectivity index (χ4n) is 3.46. The van der Waals surface area contributed by atoms with Gasteiger partial charge in [-0.15, -0.1) is 0 Å². The number of nitrogens with zero attached hydrogens (tertiary/aromatic N) is 2. The molecular formula is C23H20ClN3O4S. The zero-order valence-corrected chi connectivity index (χ0v) is 19.0. The van der Waals surface area contributed by atoms with Gasteiger partial charge in [0.25, 0.3) is 5.91 Å². The van der Waals surface area contributed by atoms with Gasteiger partial charge in [0.1, 0.15) is 11.9 Å². The molecule has 0 fully saturated rings. The molecule has 1 aliphatic heterocycles. The molecule has 0 bridgehead atoms. The predicted molar refractivity (Wildman–Crippen MR) is 122 cm³/mol. The number of esters is 1. The van der Waals surface area contributed by atoms with Crippen molar-refractivity contribution >= 4 is 35.2 Å². The Kier molecular flexibility index (Phi) is 6.62. The van der Waals surface area contributed by atoms with Crippen LogP contribution in [0.15, 0.2) is 53.8 Å². The summed E-state index contributed by atoms with van der Waals surface area (Å²) in [5.74, 6) is -0.165. The van der Waals surface area contributed by atoms with E-state index < -0.39 is 5.97 Å². The van der Waals surface area contributed by atoms with Gasteiger partial charge in [-0.1, -0.05) is 29.4 Å². The highest BCUT2D eigenvalue weighted by atomic mass is 35.5. The number of fused-ring (bicyclic) bond motifs is 1. The van der Waals surface area contributed by atoms with Crippen LogP contribution >= 0.6 is 23.4 Å². The normalized spacial score (nSPS) is 14.4. The Morgan fingerprint density at radius 3 is 2.84 bits per heavy atom. The van der Waals surface area contributed by atoms with Gasteiger partial charge in [0.05, 0.1) is 29.9 Å². The molecule has 9 heteroatoms. The van der Waals surface area contributed by atoms with Crippen molar-refractivity contribution in [3.8, 4) is 17.0 Å². The third-order valence-corrected chi connectivity index (χ3v) is 5.84. The van der Waals surface area contributed by atoms with Crippen molar-refractivity contribution in [1.29, 1.82) is 0 Å². The Bertz CT molecular complexity index is 1190. The van der Waals surface area contributed by atoms with Gasteiger partial charge < -0.3 is 14.8 Å². The van der Waals surface area contributed by atoms with Crippen LogP contribution < -0.4 is 10.1 Å². The number of hydrogen-bond donors (Lipinski definition) is 1. The Morgan fingerprint density at radius 2 is 2.06 bits per heavy atom. The predicted octanol–water partition coefficient (Wildman–Crippen LogP) is 4.04. The van der Waals surface area contributed by atoms with Crippen LogP contribution in [0, 0.1) is 0 Å². The monoisotopic (exact) mass is 469 g/mol. The number of halogens is 1. The lowest BCUT2D eigenvalue weighted by Crippen LogP contribution is -2.34. The largest absolute Gasteiger partial charge is 0.486 e. The molecule has 1 atom stereocenters. The van der Waals surface area contributed by atoms with Gasteiger partial charge in [-0.05, 0) is 42.7 Å². The fraction of sp³-hybridized carbons (Fsp3) is 0.217. The van der Waals surface area contributed by atoms with Crippen molar-refractivity contribution < 1.29 is 19.1 Å². The first-order valence-electron chi connectivity index (χ1n) is 9.81. The van der Waals surface area contributed by atoms with Crippen LogP contribution in [-0.4, -0.2) is 47.9 Å². The number of carbonyl (C=O) groups excluding carboxylic acids is 2. The number of methoxy groups -OCH3 is 1. The number of carbonyl (C=O) groups is 2. The van der Waals surface area contributed by atoms with E-state index in [1.165, 1.54) is 24.9 Å². The maximum Gasteiger partial charge on any atom is 0.337 e. The van der Waals surface area contributed by atoms with Crippen LogP contribution in [0.25, 0.3) is 11.3 Å². The Hall–Kier alpha value is -3.10. The highest BCUT2D eigenvalue weighted by Crippen LogP contribution is 2.39. The number of hydrogen-bond acceptors (Lipinski definition) is 7. The second-order valence-electron chi connectivity index (χ2n) is 7.10. The second-order valence-corrected chi connectivity index (χ2v) is 8.28. The van der Waals surface area contributed by atoms with Gasteiger partial charge in [-0.3, -0.25) is 4.79 Å². The number of nitrogens with one attached hydrogen (secondary N) is 1. The summed E-state index contributed by atoms with van der Waals surface area (Å²) in [4.78, 5) is 33.0. The van der Waals surface area contributed by atoms with E-state index in [1.54, 1.807) is 24.4 Å². The van der Waals surface area contributed by atoms with Crippen molar-refractivity contribution in [3.63, 3.8) is 0 Å². The molecule has 0 radical (unpaired) electrons. The third kappa shape index (κ3) is 4.71. The summed E-state index contributed by atoms with van der Waals surface area (Å²) in [6.45, 7) is 0.297. The highest BCUT2D eigenvalue weighted by Gasteiger charge is 2.27. The molecule has 4 rings (SSSR count). The number of thioether (sulfide) groups is 1. The van der Waals surface area contributed by atoms with E-state index in [4.69, 9.17) is 21.1 Å². The lowest BCUT2D eigenvalue weighted by atomic mass is 10.0. The van der Waals surface area contributed by atoms with Gasteiger partial charge in [-0.25, -0.2) is 14.8 Å². The van der Waals surface area contributed by atoms with Crippen LogP contribution in [0.5, 0.6) is 5.75 Å². The fourth-order valence-corrected chi connectivity index (χ4v) is 4.10. The summed E-state index contributed by atoms with van der Waals surface area (Å²) in [5.41, 5.74) is 3.33. The van der Waals surface area contributed by atoms with E-state index in [1.807, 2.05) is 24.5 Å². The van der Waals surface area contributed by atoms with Crippen molar-refractivity contribution in [3.05, 3.63) is 70.4 Å². The van der Waals surface area contributed by atoms with Crippen molar-refractivity contribution in [1.82, 2.24) is 15.3 Å². The highest BCUT2D eigenvalue weighted by molar-refractivity contribution is 7.98. The zero-order valence-electron chi connectivity index (χ0n) is 17.4. The number of ether oxygens (including phenoxy) is 2. The molecule has 32 heavy (non-hydrogen) atoms. The molecule has 1 N–H and O–H groups in total. The number of rotatable bonds is 6. The summed E-state index contributed by atoms with van der Waals surface area (Å²) in [6, 6.07) is 12.0. The molecule has 164 valence electrons. The summed E-state index contributed by atoms with van der Waals surface area (Å²) in [7, 11) is 1.30. The first kappa shape index (κ1) is 22.1. The molecular weight excluding hydrogens is 450 g/mol. The smallest absolute Gasteiger partial charge is 0.337 e. The van der Waals surface area contributed by atoms with Gasteiger partial charge >= 0.3 is 5.97 Å². The lowest BCUT2D eigenvalue weighted by Gasteiger charge is -2.12. The van der Waals surface area contributed by atoms with Crippen LogP contribution in [0.1, 0.15) is 26.3 Å². The Balaban J connectivity index is 1.44. The molecule has 2 heterocycles. The minimum atomic E-state index is -0.493. The van der Waals surface area contributed by atoms with Gasteiger partial charge in [0.2, 0.25) is 0 Å². The van der Waals surface area contributed by atoms with Crippen molar-refractivity contribution in [2.24, 2.45) is 0 Å². The number of amides is 1. The first-order valence-corrected chi connectivity index (χ1v) is 11.4. The van der Waals surface area contributed by atoms with Crippen LogP contribution in [0.2, 0.25) is 5.02 Å². The van der Waals surface area contributed by atoms with Gasteiger partial charge in [0, 0.05) is 29.3 Å². The van der Waals surface area contributed by atoms with Gasteiger partial charge in [0.15, 0.2) is 5.16 Å². The minimum Gasteiger partial charge on any atom is -0.486 e. The molecule has 0 saturated heterocycles. The zero-order chi connectivity index (χ0) is 22.7. The molecule has 2 aromatic carbocycles. The van der Waals surface area contributed by atoms with Crippen LogP contribution in [0.4, 0.5) is 0 Å². The van der Waals surface area contributed by atoms with E-state index in [2.05, 4.69) is 15.3 Å². The van der Waals surface area contributed by atoms with E-state index in [9.17, 15) is 9.59 Å². The summed E-state index contributed by atoms with van der Waals surface area (Å²) < 4.78 is 10.7. The van der Waals surface area contributed by atoms with Crippen LogP contribution in [0.3, 0.4) is 0 Å². The third-order valence-electron chi connectivity index (χ3n) is 5.00. The summed E-state index contributed by atoms with van der Waals surface area (Å²) >= 11 is 7.95. The van der Waals surface area contributed by atoms with Crippen molar-refractivity contribution in [2.45, 2.75) is 17.7 Å². The minimum absolute atomic E-state index is 0.252. The number of aromatic nitrogens is 2. The molecule has 0 saturated carbocycles. The summed E-state index contributed by atoms with van der Waals surface area (Å²) in [5, 5.41) is 4.05. The van der Waals surface area contributed by atoms with Crippen molar-refractivity contribution in [2.75, 3.05) is 19.9 Å². The van der Waals surface area contributed by atoms with Gasteiger partial charge in [-0.2, -0.15) is 0 Å². The second kappa shape index (κ2) is 9.58. The lowest BCUT2D eigenvalue weighted by molar-refractivity contribution is 0.0600. The maximum atomic E-state index is 12.5. The molecule has 1 unspecified atom stereocenters. The quantitative estimate of drug-likeness (QED) is 0.331. The standard InChI is InChI=1S/C23H20ClN3O4S/c1-30-22(29)14-5-3-4-13(8-14)21(28)26-12-17-10-16-9-15(11-18(24)20(16)31-17)19-6-7-25-23(27-19)32-2/h3-9,11,17H,10,12H2,1-2H3,(H,26,28).